The molecule has 0 unspecified atom stereocenters. The van der Waals surface area contributed by atoms with Gasteiger partial charge in [-0.15, -0.1) is 0 Å². The number of benzene rings is 2. The molecule has 3 aromatic rings. The summed E-state index contributed by atoms with van der Waals surface area (Å²) in [4.78, 5) is 25.1. The van der Waals surface area contributed by atoms with E-state index in [9.17, 15) is 9.59 Å². The Bertz CT molecular complexity index is 1030. The number of carbonyl (C=O) groups is 2. The molecule has 0 fully saturated rings. The van der Waals surface area contributed by atoms with Gasteiger partial charge in [0.2, 0.25) is 0 Å². The fourth-order valence-corrected chi connectivity index (χ4v) is 3.87. The van der Waals surface area contributed by atoms with Crippen molar-refractivity contribution in [2.45, 2.75) is 13.1 Å². The van der Waals surface area contributed by atoms with E-state index in [1.807, 2.05) is 53.1 Å². The molecule has 0 bridgehead atoms. The van der Waals surface area contributed by atoms with E-state index in [1.165, 1.54) is 0 Å². The smallest absolute Gasteiger partial charge is 0.264 e. The second-order valence-electron chi connectivity index (χ2n) is 6.66. The van der Waals surface area contributed by atoms with E-state index in [-0.39, 0.29) is 6.61 Å². The maximum absolute atomic E-state index is 12.9. The fourth-order valence-electron chi connectivity index (χ4n) is 3.46. The number of aromatic nitrogens is 1. The molecule has 1 aromatic heterocycles. The van der Waals surface area contributed by atoms with Gasteiger partial charge in [-0.1, -0.05) is 60.1 Å². The van der Waals surface area contributed by atoms with Gasteiger partial charge in [-0.2, -0.15) is 0 Å². The highest BCUT2D eigenvalue weighted by atomic mass is 35.5. The highest BCUT2D eigenvalue weighted by Gasteiger charge is 2.29. The molecule has 1 aliphatic heterocycles. The fraction of sp³-hybridized carbons (Fsp3) is 0.182. The lowest BCUT2D eigenvalue weighted by Crippen LogP contribution is -2.36. The average Bonchev–Trinajstić information content (AvgIpc) is 3.05. The summed E-state index contributed by atoms with van der Waals surface area (Å²) < 4.78 is 7.46. The number of hydrogen-bond acceptors (Lipinski definition) is 4. The number of nitrogens with one attached hydrogen (secondary N) is 2. The van der Waals surface area contributed by atoms with E-state index < -0.39 is 11.8 Å². The Balaban J connectivity index is 1.57. The third-order valence-corrected chi connectivity index (χ3v) is 5.12. The molecule has 0 saturated heterocycles. The lowest BCUT2D eigenvalue weighted by Gasteiger charge is -2.20. The number of ether oxygens (including phenoxy) is 1. The van der Waals surface area contributed by atoms with Crippen LogP contribution in [0.4, 0.5) is 0 Å². The van der Waals surface area contributed by atoms with Crippen LogP contribution in [0.15, 0.2) is 60.7 Å². The lowest BCUT2D eigenvalue weighted by atomic mass is 10.1. The summed E-state index contributed by atoms with van der Waals surface area (Å²) in [6, 6.07) is 18.7. The van der Waals surface area contributed by atoms with Crippen molar-refractivity contribution in [1.29, 1.82) is 0 Å². The van der Waals surface area contributed by atoms with Gasteiger partial charge in [-0.05, 0) is 17.7 Å². The number of para-hydroxylation sites is 1. The second-order valence-corrected chi connectivity index (χ2v) is 7.04. The Morgan fingerprint density at radius 3 is 2.48 bits per heavy atom. The Labute approximate surface area is 173 Å². The molecule has 2 N–H and O–H groups in total. The van der Waals surface area contributed by atoms with Gasteiger partial charge in [-0.3, -0.25) is 14.9 Å². The average molecular weight is 410 g/mol. The number of rotatable bonds is 5. The molecule has 29 heavy (non-hydrogen) atoms. The molecule has 2 amide bonds. The van der Waals surface area contributed by atoms with Crippen LogP contribution in [0.2, 0.25) is 5.02 Å². The van der Waals surface area contributed by atoms with Crippen LogP contribution in [0.5, 0.6) is 5.75 Å². The first kappa shape index (κ1) is 19.2. The SMILES string of the molecule is O=C(COc1ccccc1)NC(=O)c1c(Cl)c(-c2ccccc2)n2c1CNCC2. The number of carbonyl (C=O) groups excluding carboxylic acids is 2. The number of hydrogen-bond donors (Lipinski definition) is 2. The van der Waals surface area contributed by atoms with Gasteiger partial charge in [0.1, 0.15) is 5.75 Å². The highest BCUT2D eigenvalue weighted by molar-refractivity contribution is 6.37. The summed E-state index contributed by atoms with van der Waals surface area (Å²) in [5.74, 6) is -0.490. The molecular formula is C22H20ClN3O3. The van der Waals surface area contributed by atoms with E-state index >= 15 is 0 Å². The number of halogens is 1. The Morgan fingerprint density at radius 1 is 1.07 bits per heavy atom. The van der Waals surface area contributed by atoms with E-state index in [0.29, 0.717) is 29.4 Å². The van der Waals surface area contributed by atoms with Crippen molar-refractivity contribution in [1.82, 2.24) is 15.2 Å². The van der Waals surface area contributed by atoms with Gasteiger partial charge in [0, 0.05) is 25.3 Å². The minimum absolute atomic E-state index is 0.257. The van der Waals surface area contributed by atoms with Gasteiger partial charge in [-0.25, -0.2) is 0 Å². The zero-order chi connectivity index (χ0) is 20.2. The summed E-state index contributed by atoms with van der Waals surface area (Å²) >= 11 is 6.65. The number of nitrogens with zero attached hydrogens (tertiary/aromatic N) is 1. The summed E-state index contributed by atoms with van der Waals surface area (Å²) in [6.07, 6.45) is 0. The maximum Gasteiger partial charge on any atom is 0.264 e. The maximum atomic E-state index is 12.9. The molecule has 2 heterocycles. The zero-order valence-corrected chi connectivity index (χ0v) is 16.4. The molecule has 0 atom stereocenters. The molecular weight excluding hydrogens is 390 g/mol. The van der Waals surface area contributed by atoms with Crippen molar-refractivity contribution in [3.05, 3.63) is 76.9 Å². The molecule has 0 radical (unpaired) electrons. The van der Waals surface area contributed by atoms with E-state index in [1.54, 1.807) is 12.1 Å². The minimum atomic E-state index is -0.528. The van der Waals surface area contributed by atoms with Gasteiger partial charge in [0.15, 0.2) is 6.61 Å². The second kappa shape index (κ2) is 8.51. The van der Waals surface area contributed by atoms with Crippen molar-refractivity contribution in [3.63, 3.8) is 0 Å². The van der Waals surface area contributed by atoms with Gasteiger partial charge >= 0.3 is 0 Å². The minimum Gasteiger partial charge on any atom is -0.484 e. The first-order chi connectivity index (χ1) is 14.1. The molecule has 0 spiro atoms. The topological polar surface area (TPSA) is 72.4 Å². The van der Waals surface area contributed by atoms with Crippen LogP contribution < -0.4 is 15.4 Å². The number of imide groups is 1. The third-order valence-electron chi connectivity index (χ3n) is 4.76. The Kier molecular flexibility index (Phi) is 5.64. The van der Waals surface area contributed by atoms with Gasteiger partial charge < -0.3 is 14.6 Å². The van der Waals surface area contributed by atoms with Crippen LogP contribution in [0, 0.1) is 0 Å². The first-order valence-electron chi connectivity index (χ1n) is 9.34. The van der Waals surface area contributed by atoms with Crippen molar-refractivity contribution in [2.24, 2.45) is 0 Å². The summed E-state index contributed by atoms with van der Waals surface area (Å²) in [6.45, 7) is 1.72. The van der Waals surface area contributed by atoms with Crippen LogP contribution in [0.3, 0.4) is 0 Å². The van der Waals surface area contributed by atoms with Crippen LogP contribution >= 0.6 is 11.6 Å². The summed E-state index contributed by atoms with van der Waals surface area (Å²) in [7, 11) is 0. The Hall–Kier alpha value is -3.09. The predicted octanol–water partition coefficient (Wildman–Crippen LogP) is 3.25. The van der Waals surface area contributed by atoms with Crippen molar-refractivity contribution >= 4 is 23.4 Å². The molecule has 0 saturated carbocycles. The summed E-state index contributed by atoms with van der Waals surface area (Å²) in [5.41, 5.74) is 2.82. The quantitative estimate of drug-likeness (QED) is 0.678. The molecule has 2 aromatic carbocycles. The van der Waals surface area contributed by atoms with Crippen molar-refractivity contribution in [3.8, 4) is 17.0 Å². The number of amides is 2. The zero-order valence-electron chi connectivity index (χ0n) is 15.7. The van der Waals surface area contributed by atoms with Crippen LogP contribution in [0.25, 0.3) is 11.3 Å². The third kappa shape index (κ3) is 4.04. The largest absolute Gasteiger partial charge is 0.484 e. The van der Waals surface area contributed by atoms with Crippen LogP contribution in [0.1, 0.15) is 16.1 Å². The van der Waals surface area contributed by atoms with E-state index in [0.717, 1.165) is 23.5 Å². The molecule has 6 nitrogen and oxygen atoms in total. The van der Waals surface area contributed by atoms with Crippen molar-refractivity contribution < 1.29 is 14.3 Å². The van der Waals surface area contributed by atoms with Crippen LogP contribution in [-0.2, 0) is 17.9 Å². The monoisotopic (exact) mass is 409 g/mol. The number of fused-ring (bicyclic) bond motifs is 1. The van der Waals surface area contributed by atoms with Gasteiger partial charge in [0.05, 0.1) is 16.3 Å². The first-order valence-corrected chi connectivity index (χ1v) is 9.72. The van der Waals surface area contributed by atoms with Crippen LogP contribution in [-0.4, -0.2) is 29.5 Å². The van der Waals surface area contributed by atoms with E-state index in [4.69, 9.17) is 16.3 Å². The summed E-state index contributed by atoms with van der Waals surface area (Å²) in [5, 5.41) is 6.00. The lowest BCUT2D eigenvalue weighted by molar-refractivity contribution is -0.122. The van der Waals surface area contributed by atoms with Crippen molar-refractivity contribution in [2.75, 3.05) is 13.2 Å². The Morgan fingerprint density at radius 2 is 1.76 bits per heavy atom. The van der Waals surface area contributed by atoms with E-state index in [2.05, 4.69) is 10.6 Å². The molecule has 0 aliphatic carbocycles. The molecule has 148 valence electrons. The molecule has 1 aliphatic rings. The standard InChI is InChI=1S/C22H20ClN3O3/c23-20-19(22(28)25-18(27)14-29-16-9-5-2-6-10-16)17-13-24-11-12-26(17)21(20)15-7-3-1-4-8-15/h1-10,24H,11-14H2,(H,25,27,28). The normalized spacial score (nSPS) is 12.9. The van der Waals surface area contributed by atoms with Gasteiger partial charge in [0.25, 0.3) is 11.8 Å². The highest BCUT2D eigenvalue weighted by Crippen LogP contribution is 2.36. The molecule has 7 heteroatoms. The molecule has 4 rings (SSSR count). The predicted molar refractivity (Wildman–Crippen MR) is 111 cm³/mol.